The van der Waals surface area contributed by atoms with E-state index >= 15 is 0 Å². The van der Waals surface area contributed by atoms with Crippen LogP contribution in [0.1, 0.15) is 27.7 Å². The molecule has 5 heteroatoms. The Morgan fingerprint density at radius 3 is 2.29 bits per heavy atom. The Morgan fingerprint density at radius 2 is 2.00 bits per heavy atom. The number of esters is 1. The lowest BCUT2D eigenvalue weighted by atomic mass is 10.2. The highest BCUT2D eigenvalue weighted by Gasteiger charge is 2.21. The highest BCUT2D eigenvalue weighted by molar-refractivity contribution is 8.08. The Balaban J connectivity index is 4.67. The number of thioether (sulfide) groups is 1. The van der Waals surface area contributed by atoms with Crippen molar-refractivity contribution in [2.24, 2.45) is 5.73 Å². The molecule has 0 aliphatic heterocycles. The first kappa shape index (κ1) is 12.8. The van der Waals surface area contributed by atoms with Crippen molar-refractivity contribution in [3.8, 4) is 5.40 Å². The minimum atomic E-state index is -0.576. The molecule has 0 amide bonds. The summed E-state index contributed by atoms with van der Waals surface area (Å²) in [7, 11) is 0. The van der Waals surface area contributed by atoms with E-state index in [0.29, 0.717) is 5.70 Å². The number of thiocyanates is 1. The molecule has 78 valence electrons. The number of nitrogens with zero attached hydrogens (tertiary/aromatic N) is 1. The minimum absolute atomic E-state index is 0.155. The second-order valence-electron chi connectivity index (χ2n) is 3.71. The van der Waals surface area contributed by atoms with Gasteiger partial charge in [0.05, 0.1) is 0 Å². The molecule has 2 N–H and O–H groups in total. The first-order chi connectivity index (χ1) is 6.28. The maximum absolute atomic E-state index is 11.5. The van der Waals surface area contributed by atoms with Gasteiger partial charge in [-0.2, -0.15) is 5.26 Å². The molecule has 0 aromatic rings. The smallest absolute Gasteiger partial charge is 0.347 e. The predicted molar refractivity (Wildman–Crippen MR) is 55.9 cm³/mol. The lowest BCUT2D eigenvalue weighted by molar-refractivity contribution is -0.148. The Labute approximate surface area is 88.1 Å². The summed E-state index contributed by atoms with van der Waals surface area (Å²) in [4.78, 5) is 11.6. The van der Waals surface area contributed by atoms with Crippen molar-refractivity contribution < 1.29 is 9.53 Å². The fourth-order valence-electron chi connectivity index (χ4n) is 0.653. The van der Waals surface area contributed by atoms with Crippen LogP contribution in [0.25, 0.3) is 0 Å². The molecule has 0 radical (unpaired) electrons. The van der Waals surface area contributed by atoms with E-state index in [2.05, 4.69) is 0 Å². The highest BCUT2D eigenvalue weighted by Crippen LogP contribution is 2.21. The van der Waals surface area contributed by atoms with Crippen LogP contribution in [0.4, 0.5) is 0 Å². The second-order valence-corrected chi connectivity index (χ2v) is 4.50. The number of allylic oxidation sites excluding steroid dienone is 1. The molecular formula is C9H14N2O2S. The van der Waals surface area contributed by atoms with E-state index in [-0.39, 0.29) is 4.91 Å². The van der Waals surface area contributed by atoms with Crippen molar-refractivity contribution in [1.29, 1.82) is 5.26 Å². The number of carbonyl (C=O) groups excluding carboxylic acids is 1. The molecule has 0 rings (SSSR count). The molecule has 0 atom stereocenters. The molecule has 0 spiro atoms. The van der Waals surface area contributed by atoms with Crippen LogP contribution in [-0.4, -0.2) is 11.6 Å². The molecule has 0 aromatic heterocycles. The number of ether oxygens (including phenoxy) is 1. The number of nitrogens with two attached hydrogens (primary N) is 1. The number of rotatable bonds is 2. The zero-order valence-electron chi connectivity index (χ0n) is 8.75. The van der Waals surface area contributed by atoms with Crippen LogP contribution in [-0.2, 0) is 9.53 Å². The normalized spacial score (nSPS) is 12.8. The summed E-state index contributed by atoms with van der Waals surface area (Å²) >= 11 is 0.719. The largest absolute Gasteiger partial charge is 0.456 e. The van der Waals surface area contributed by atoms with Crippen LogP contribution in [0.3, 0.4) is 0 Å². The molecule has 14 heavy (non-hydrogen) atoms. The molecule has 0 unspecified atom stereocenters. The predicted octanol–water partition coefficient (Wildman–Crippen LogP) is 1.73. The fourth-order valence-corrected chi connectivity index (χ4v) is 1.03. The first-order valence-electron chi connectivity index (χ1n) is 4.03. The SMILES string of the molecule is CC(N)=C(SC#N)C(=O)OC(C)(C)C. The molecule has 0 saturated heterocycles. The van der Waals surface area contributed by atoms with Gasteiger partial charge in [0.15, 0.2) is 0 Å². The molecule has 0 aromatic carbocycles. The molecule has 0 heterocycles. The minimum Gasteiger partial charge on any atom is -0.456 e. The van der Waals surface area contributed by atoms with Crippen molar-refractivity contribution in [3.05, 3.63) is 10.6 Å². The number of hydrogen-bond donors (Lipinski definition) is 1. The van der Waals surface area contributed by atoms with Crippen molar-refractivity contribution in [2.45, 2.75) is 33.3 Å². The zero-order valence-corrected chi connectivity index (χ0v) is 9.57. The topological polar surface area (TPSA) is 76.1 Å². The van der Waals surface area contributed by atoms with Crippen LogP contribution >= 0.6 is 11.8 Å². The third kappa shape index (κ3) is 4.77. The Bertz CT molecular complexity index is 293. The van der Waals surface area contributed by atoms with Crippen molar-refractivity contribution in [1.82, 2.24) is 0 Å². The summed E-state index contributed by atoms with van der Waals surface area (Å²) in [5, 5.41) is 10.2. The van der Waals surface area contributed by atoms with Gasteiger partial charge in [-0.05, 0) is 39.5 Å². The van der Waals surface area contributed by atoms with E-state index in [9.17, 15) is 4.79 Å². The van der Waals surface area contributed by atoms with E-state index < -0.39 is 11.6 Å². The van der Waals surface area contributed by atoms with Gasteiger partial charge < -0.3 is 10.5 Å². The lowest BCUT2D eigenvalue weighted by Crippen LogP contribution is -2.25. The third-order valence-electron chi connectivity index (χ3n) is 1.09. The van der Waals surface area contributed by atoms with Crippen LogP contribution < -0.4 is 5.73 Å². The summed E-state index contributed by atoms with van der Waals surface area (Å²) in [6.07, 6.45) is 0. The van der Waals surface area contributed by atoms with Crippen LogP contribution in [0.5, 0.6) is 0 Å². The average molecular weight is 214 g/mol. The van der Waals surface area contributed by atoms with E-state index in [4.69, 9.17) is 15.7 Å². The zero-order chi connectivity index (χ0) is 11.4. The maximum Gasteiger partial charge on any atom is 0.347 e. The molecule has 0 saturated carbocycles. The van der Waals surface area contributed by atoms with Gasteiger partial charge in [-0.3, -0.25) is 0 Å². The molecule has 0 fully saturated rings. The van der Waals surface area contributed by atoms with E-state index in [1.165, 1.54) is 0 Å². The first-order valence-corrected chi connectivity index (χ1v) is 4.85. The lowest BCUT2D eigenvalue weighted by Gasteiger charge is -2.19. The highest BCUT2D eigenvalue weighted by atomic mass is 32.2. The van der Waals surface area contributed by atoms with Gasteiger partial charge in [0.2, 0.25) is 0 Å². The van der Waals surface area contributed by atoms with Gasteiger partial charge in [0, 0.05) is 5.70 Å². The molecular weight excluding hydrogens is 200 g/mol. The van der Waals surface area contributed by atoms with Crippen molar-refractivity contribution in [2.75, 3.05) is 0 Å². The number of hydrogen-bond acceptors (Lipinski definition) is 5. The maximum atomic E-state index is 11.5. The van der Waals surface area contributed by atoms with Gasteiger partial charge in [-0.25, -0.2) is 4.79 Å². The molecule has 0 bridgehead atoms. The summed E-state index contributed by atoms with van der Waals surface area (Å²) < 4.78 is 5.06. The Kier molecular flexibility index (Phi) is 4.51. The fraction of sp³-hybridized carbons (Fsp3) is 0.556. The van der Waals surface area contributed by atoms with Crippen LogP contribution in [0.15, 0.2) is 10.6 Å². The Morgan fingerprint density at radius 1 is 1.50 bits per heavy atom. The Hall–Kier alpha value is -1.15. The summed E-state index contributed by atoms with van der Waals surface area (Å²) in [6.45, 7) is 6.83. The quantitative estimate of drug-likeness (QED) is 0.430. The standard InChI is InChI=1S/C9H14N2O2S/c1-6(11)7(14-5-10)8(12)13-9(2,3)4/h11H2,1-4H3. The molecule has 4 nitrogen and oxygen atoms in total. The summed E-state index contributed by atoms with van der Waals surface area (Å²) in [6, 6.07) is 0. The van der Waals surface area contributed by atoms with Crippen LogP contribution in [0, 0.1) is 10.7 Å². The van der Waals surface area contributed by atoms with Gasteiger partial charge in [-0.15, -0.1) is 0 Å². The molecule has 0 aliphatic carbocycles. The van der Waals surface area contributed by atoms with E-state index in [1.807, 2.05) is 0 Å². The summed E-state index contributed by atoms with van der Waals surface area (Å²) in [5.41, 5.74) is 5.17. The van der Waals surface area contributed by atoms with Crippen LogP contribution in [0.2, 0.25) is 0 Å². The van der Waals surface area contributed by atoms with Gasteiger partial charge >= 0.3 is 5.97 Å². The molecule has 0 aliphatic rings. The number of nitriles is 1. The number of carbonyl (C=O) groups is 1. The second kappa shape index (κ2) is 4.91. The van der Waals surface area contributed by atoms with Gasteiger partial charge in [-0.1, -0.05) is 0 Å². The van der Waals surface area contributed by atoms with E-state index in [0.717, 1.165) is 11.8 Å². The van der Waals surface area contributed by atoms with Gasteiger partial charge in [0.25, 0.3) is 0 Å². The van der Waals surface area contributed by atoms with E-state index in [1.54, 1.807) is 33.1 Å². The average Bonchev–Trinajstić information content (AvgIpc) is 1.95. The third-order valence-corrected chi connectivity index (χ3v) is 1.87. The summed E-state index contributed by atoms with van der Waals surface area (Å²) in [5.74, 6) is -0.552. The van der Waals surface area contributed by atoms with Gasteiger partial charge in [0.1, 0.15) is 15.9 Å². The van der Waals surface area contributed by atoms with Crippen molar-refractivity contribution >= 4 is 17.7 Å². The monoisotopic (exact) mass is 214 g/mol. The van der Waals surface area contributed by atoms with Crippen molar-refractivity contribution in [3.63, 3.8) is 0 Å².